The van der Waals surface area contributed by atoms with Crippen LogP contribution in [0.25, 0.3) is 0 Å². The molecule has 6 nitrogen and oxygen atoms in total. The third kappa shape index (κ3) is 9.50. The van der Waals surface area contributed by atoms with Crippen LogP contribution in [-0.4, -0.2) is 51.8 Å². The first kappa shape index (κ1) is 38.6. The minimum Gasteiger partial charge on any atom is -0.497 e. The van der Waals surface area contributed by atoms with Crippen LogP contribution in [0.4, 0.5) is 4.39 Å². The topological polar surface area (TPSA) is 60.0 Å². The second-order valence-corrected chi connectivity index (χ2v) is 14.3. The van der Waals surface area contributed by atoms with Crippen LogP contribution in [0.15, 0.2) is 121 Å². The van der Waals surface area contributed by atoms with Crippen LogP contribution < -0.4 is 19.5 Å². The second kappa shape index (κ2) is 18.8. The van der Waals surface area contributed by atoms with Gasteiger partial charge < -0.3 is 19.5 Å². The normalized spacial score (nSPS) is 14.3. The van der Waals surface area contributed by atoms with Crippen LogP contribution in [0.1, 0.15) is 71.5 Å². The number of amides is 1. The predicted molar refractivity (Wildman–Crippen MR) is 214 cm³/mol. The highest BCUT2D eigenvalue weighted by Crippen LogP contribution is 2.43. The molecule has 1 aliphatic rings. The van der Waals surface area contributed by atoms with Crippen molar-refractivity contribution < 1.29 is 23.4 Å². The molecule has 0 saturated carbocycles. The van der Waals surface area contributed by atoms with E-state index in [-0.39, 0.29) is 23.2 Å². The Kier molecular flexibility index (Phi) is 13.4. The van der Waals surface area contributed by atoms with E-state index in [1.165, 1.54) is 39.9 Å². The van der Waals surface area contributed by atoms with E-state index in [9.17, 15) is 9.18 Å². The van der Waals surface area contributed by atoms with Gasteiger partial charge in [0.15, 0.2) is 11.5 Å². The maximum atomic E-state index is 13.3. The molecular formula is C47H53FN2O4. The van der Waals surface area contributed by atoms with Gasteiger partial charge in [0.25, 0.3) is 0 Å². The van der Waals surface area contributed by atoms with E-state index in [4.69, 9.17) is 14.2 Å². The van der Waals surface area contributed by atoms with Crippen LogP contribution in [-0.2, 0) is 29.5 Å². The number of ether oxygens (including phenoxy) is 3. The number of carbonyl (C=O) groups is 1. The highest BCUT2D eigenvalue weighted by Gasteiger charge is 2.35. The van der Waals surface area contributed by atoms with Gasteiger partial charge in [-0.25, -0.2) is 4.39 Å². The highest BCUT2D eigenvalue weighted by atomic mass is 19.1. The summed E-state index contributed by atoms with van der Waals surface area (Å²) in [5.41, 5.74) is 7.20. The zero-order chi connectivity index (χ0) is 37.8. The minimum atomic E-state index is -0.264. The third-order valence-corrected chi connectivity index (χ3v) is 11.1. The minimum absolute atomic E-state index is 0.0203. The summed E-state index contributed by atoms with van der Waals surface area (Å²) in [6, 6.07) is 41.1. The maximum absolute atomic E-state index is 13.3. The number of aryl methyl sites for hydroxylation is 1. The largest absolute Gasteiger partial charge is 0.497 e. The molecule has 1 N–H and O–H groups in total. The molecule has 0 aliphatic carbocycles. The summed E-state index contributed by atoms with van der Waals surface area (Å²) in [5.74, 6) is 2.14. The molecule has 1 amide bonds. The van der Waals surface area contributed by atoms with Crippen molar-refractivity contribution in [3.05, 3.63) is 161 Å². The Morgan fingerprint density at radius 3 is 2.00 bits per heavy atom. The zero-order valence-electron chi connectivity index (χ0n) is 31.9. The highest BCUT2D eigenvalue weighted by molar-refractivity contribution is 5.76. The molecule has 282 valence electrons. The average Bonchev–Trinajstić information content (AvgIpc) is 3.22. The van der Waals surface area contributed by atoms with E-state index in [0.29, 0.717) is 19.4 Å². The molecule has 0 fully saturated rings. The van der Waals surface area contributed by atoms with Gasteiger partial charge in [0, 0.05) is 31.0 Å². The zero-order valence-corrected chi connectivity index (χ0v) is 31.9. The number of benzene rings is 5. The molecule has 7 heteroatoms. The van der Waals surface area contributed by atoms with Gasteiger partial charge >= 0.3 is 0 Å². The fourth-order valence-electron chi connectivity index (χ4n) is 8.15. The molecule has 5 aromatic rings. The number of fused-ring (bicyclic) bond motifs is 1. The lowest BCUT2D eigenvalue weighted by atomic mass is 9.68. The van der Waals surface area contributed by atoms with Crippen LogP contribution in [0.3, 0.4) is 0 Å². The van der Waals surface area contributed by atoms with E-state index in [1.807, 2.05) is 12.1 Å². The summed E-state index contributed by atoms with van der Waals surface area (Å²) in [5, 5.41) is 3.16. The standard InChI is InChI=1S/C47H53FN2O4/c1-52-41-23-18-36(19-24-41)32-43-42-34-45(54-3)44(53-2)33-37(42)26-31-50(43)30-11-28-47(38-12-6-4-7-13-38,39-14-8-5-9-15-39)27-10-29-49-46(51)25-20-35-16-21-40(48)22-17-35/h4-9,12-19,21-24,33-34,43H,10-11,20,25-32H2,1-3H3,(H,49,51). The summed E-state index contributed by atoms with van der Waals surface area (Å²) in [6.45, 7) is 2.49. The third-order valence-electron chi connectivity index (χ3n) is 11.1. The van der Waals surface area contributed by atoms with Gasteiger partial charge in [-0.2, -0.15) is 0 Å². The van der Waals surface area contributed by atoms with E-state index >= 15 is 0 Å². The van der Waals surface area contributed by atoms with Crippen LogP contribution >= 0.6 is 0 Å². The smallest absolute Gasteiger partial charge is 0.220 e. The van der Waals surface area contributed by atoms with Crippen molar-refractivity contribution in [2.75, 3.05) is 41.0 Å². The molecule has 54 heavy (non-hydrogen) atoms. The molecular weight excluding hydrogens is 676 g/mol. The number of hydrogen-bond donors (Lipinski definition) is 1. The molecule has 5 aromatic carbocycles. The van der Waals surface area contributed by atoms with Gasteiger partial charge in [-0.3, -0.25) is 9.69 Å². The molecule has 0 radical (unpaired) electrons. The van der Waals surface area contributed by atoms with Gasteiger partial charge in [-0.15, -0.1) is 0 Å². The lowest BCUT2D eigenvalue weighted by Crippen LogP contribution is -2.38. The monoisotopic (exact) mass is 728 g/mol. The number of methoxy groups -OCH3 is 3. The maximum Gasteiger partial charge on any atom is 0.220 e. The predicted octanol–water partition coefficient (Wildman–Crippen LogP) is 9.29. The first-order valence-corrected chi connectivity index (χ1v) is 19.2. The number of carbonyl (C=O) groups excluding carboxylic acids is 1. The van der Waals surface area contributed by atoms with Crippen molar-refractivity contribution in [1.82, 2.24) is 10.2 Å². The van der Waals surface area contributed by atoms with E-state index < -0.39 is 0 Å². The Morgan fingerprint density at radius 2 is 1.37 bits per heavy atom. The van der Waals surface area contributed by atoms with Crippen molar-refractivity contribution in [2.45, 2.75) is 62.8 Å². The van der Waals surface area contributed by atoms with Crippen molar-refractivity contribution in [3.8, 4) is 17.2 Å². The first-order chi connectivity index (χ1) is 26.4. The first-order valence-electron chi connectivity index (χ1n) is 19.2. The van der Waals surface area contributed by atoms with Crippen LogP contribution in [0.5, 0.6) is 17.2 Å². The summed E-state index contributed by atoms with van der Waals surface area (Å²) in [4.78, 5) is 15.5. The van der Waals surface area contributed by atoms with Gasteiger partial charge in [0.1, 0.15) is 11.6 Å². The Balaban J connectivity index is 1.20. The van der Waals surface area contributed by atoms with Gasteiger partial charge in [0.05, 0.1) is 21.3 Å². The van der Waals surface area contributed by atoms with Crippen LogP contribution in [0, 0.1) is 5.82 Å². The average molecular weight is 729 g/mol. The molecule has 1 unspecified atom stereocenters. The van der Waals surface area contributed by atoms with Crippen LogP contribution in [0.2, 0.25) is 0 Å². The molecule has 1 aliphatic heterocycles. The number of nitrogens with one attached hydrogen (secondary N) is 1. The quantitative estimate of drug-likeness (QED) is 0.0912. The SMILES string of the molecule is COc1ccc(CC2c3cc(OC)c(OC)cc3CCN2CCCC(CCCNC(=O)CCc2ccc(F)cc2)(c2ccccc2)c2ccccc2)cc1. The molecule has 0 aromatic heterocycles. The van der Waals surface area contributed by atoms with Crippen molar-refractivity contribution in [3.63, 3.8) is 0 Å². The number of hydrogen-bond acceptors (Lipinski definition) is 5. The van der Waals surface area contributed by atoms with E-state index in [2.05, 4.69) is 95.1 Å². The van der Waals surface area contributed by atoms with E-state index in [1.54, 1.807) is 33.5 Å². The lowest BCUT2D eigenvalue weighted by Gasteiger charge is -2.40. The fourth-order valence-corrected chi connectivity index (χ4v) is 8.15. The second-order valence-electron chi connectivity index (χ2n) is 14.3. The molecule has 6 rings (SSSR count). The van der Waals surface area contributed by atoms with Gasteiger partial charge in [0.2, 0.25) is 5.91 Å². The Hall–Kier alpha value is -5.14. The summed E-state index contributed by atoms with van der Waals surface area (Å²) in [6.07, 6.45) is 6.47. The lowest BCUT2D eigenvalue weighted by molar-refractivity contribution is -0.121. The number of rotatable bonds is 18. The molecule has 0 bridgehead atoms. The molecule has 0 spiro atoms. The van der Waals surface area contributed by atoms with Gasteiger partial charge in [-0.1, -0.05) is 84.9 Å². The Labute approximate surface area is 320 Å². The number of nitrogens with zero attached hydrogens (tertiary/aromatic N) is 1. The summed E-state index contributed by atoms with van der Waals surface area (Å²) in [7, 11) is 5.10. The van der Waals surface area contributed by atoms with Gasteiger partial charge in [-0.05, 0) is 121 Å². The number of halogens is 1. The molecule has 1 atom stereocenters. The summed E-state index contributed by atoms with van der Waals surface area (Å²) >= 11 is 0. The van der Waals surface area contributed by atoms with E-state index in [0.717, 1.165) is 74.4 Å². The van der Waals surface area contributed by atoms with Crippen molar-refractivity contribution in [1.29, 1.82) is 0 Å². The van der Waals surface area contributed by atoms with Crippen molar-refractivity contribution in [2.24, 2.45) is 0 Å². The Morgan fingerprint density at radius 1 is 0.759 bits per heavy atom. The summed E-state index contributed by atoms with van der Waals surface area (Å²) < 4.78 is 30.3. The molecule has 0 saturated heterocycles. The fraction of sp³-hybridized carbons (Fsp3) is 0.340. The van der Waals surface area contributed by atoms with Crippen molar-refractivity contribution >= 4 is 5.91 Å². The molecule has 1 heterocycles. The Bertz CT molecular complexity index is 1880.